The van der Waals surface area contributed by atoms with E-state index < -0.39 is 0 Å². The summed E-state index contributed by atoms with van der Waals surface area (Å²) in [6.07, 6.45) is 0. The maximum atomic E-state index is 12.8. The highest BCUT2D eigenvalue weighted by Gasteiger charge is 2.22. The van der Waals surface area contributed by atoms with E-state index in [1.165, 1.54) is 5.56 Å². The van der Waals surface area contributed by atoms with E-state index >= 15 is 0 Å². The molecule has 0 aliphatic carbocycles. The number of carbonyl (C=O) groups is 1. The third-order valence-electron chi connectivity index (χ3n) is 3.91. The van der Waals surface area contributed by atoms with Crippen LogP contribution >= 0.6 is 0 Å². The van der Waals surface area contributed by atoms with Crippen molar-refractivity contribution in [3.05, 3.63) is 102 Å². The average Bonchev–Trinajstić information content (AvgIpc) is 2.63. The summed E-state index contributed by atoms with van der Waals surface area (Å²) in [5.41, 5.74) is 9.78. The summed E-state index contributed by atoms with van der Waals surface area (Å²) in [5.74, 6) is -0.446. The smallest absolute Gasteiger partial charge is 0.250 e. The second-order valence-electron chi connectivity index (χ2n) is 5.73. The molecule has 0 aliphatic heterocycles. The van der Waals surface area contributed by atoms with Gasteiger partial charge in [-0.1, -0.05) is 78.4 Å². The van der Waals surface area contributed by atoms with Crippen molar-refractivity contribution in [2.24, 2.45) is 0 Å². The number of aryl methyl sites for hydroxylation is 1. The van der Waals surface area contributed by atoms with Gasteiger partial charge in [-0.2, -0.15) is 0 Å². The van der Waals surface area contributed by atoms with Crippen molar-refractivity contribution in [3.8, 4) is 0 Å². The average molecular weight is 316 g/mol. The Labute approximate surface area is 142 Å². The van der Waals surface area contributed by atoms with Crippen LogP contribution in [0.5, 0.6) is 0 Å². The molecule has 24 heavy (non-hydrogen) atoms. The van der Waals surface area contributed by atoms with E-state index in [2.05, 4.69) is 10.9 Å². The van der Waals surface area contributed by atoms with Crippen molar-refractivity contribution in [1.29, 1.82) is 0 Å². The summed E-state index contributed by atoms with van der Waals surface area (Å²) in [4.78, 5) is 12.8. The zero-order valence-electron chi connectivity index (χ0n) is 13.6. The quantitative estimate of drug-likeness (QED) is 0.690. The fourth-order valence-corrected chi connectivity index (χ4v) is 2.63. The molecule has 3 aromatic rings. The summed E-state index contributed by atoms with van der Waals surface area (Å²) >= 11 is 0. The molecule has 3 nitrogen and oxygen atoms in total. The monoisotopic (exact) mass is 316 g/mol. The van der Waals surface area contributed by atoms with Crippen LogP contribution in [0, 0.1) is 6.92 Å². The van der Waals surface area contributed by atoms with Crippen molar-refractivity contribution < 1.29 is 4.79 Å². The third-order valence-corrected chi connectivity index (χ3v) is 3.91. The Kier molecular flexibility index (Phi) is 4.92. The highest BCUT2D eigenvalue weighted by Crippen LogP contribution is 2.24. The summed E-state index contributed by atoms with van der Waals surface area (Å²) in [5, 5.41) is 0. The number of carbonyl (C=O) groups excluding carboxylic acids is 1. The number of benzene rings is 3. The second kappa shape index (κ2) is 7.47. The highest BCUT2D eigenvalue weighted by atomic mass is 16.2. The molecule has 0 unspecified atom stereocenters. The van der Waals surface area contributed by atoms with Gasteiger partial charge in [-0.3, -0.25) is 15.6 Å². The molecule has 120 valence electrons. The van der Waals surface area contributed by atoms with Crippen molar-refractivity contribution in [2.75, 3.05) is 5.43 Å². The first-order valence-corrected chi connectivity index (χ1v) is 7.96. The van der Waals surface area contributed by atoms with E-state index in [9.17, 15) is 4.79 Å². The number of hydrogen-bond donors (Lipinski definition) is 2. The largest absolute Gasteiger partial charge is 0.299 e. The Bertz CT molecular complexity index is 744. The highest BCUT2D eigenvalue weighted by molar-refractivity contribution is 5.88. The molecule has 0 atom stereocenters. The Hall–Kier alpha value is -3.07. The minimum absolute atomic E-state index is 0.0898. The van der Waals surface area contributed by atoms with Gasteiger partial charge in [0.1, 0.15) is 0 Å². The van der Waals surface area contributed by atoms with E-state index in [-0.39, 0.29) is 11.8 Å². The minimum atomic E-state index is -0.356. The lowest BCUT2D eigenvalue weighted by atomic mass is 9.91. The van der Waals surface area contributed by atoms with Gasteiger partial charge in [-0.25, -0.2) is 0 Å². The lowest BCUT2D eigenvalue weighted by molar-refractivity contribution is -0.121. The summed E-state index contributed by atoms with van der Waals surface area (Å²) in [6, 6.07) is 27.5. The number of amides is 1. The fraction of sp³-hybridized carbons (Fsp3) is 0.0952. The molecule has 2 N–H and O–H groups in total. The van der Waals surface area contributed by atoms with Gasteiger partial charge in [0.2, 0.25) is 5.91 Å². The summed E-state index contributed by atoms with van der Waals surface area (Å²) in [7, 11) is 0. The number of rotatable bonds is 5. The normalized spacial score (nSPS) is 10.4. The zero-order chi connectivity index (χ0) is 16.8. The van der Waals surface area contributed by atoms with Crippen molar-refractivity contribution in [2.45, 2.75) is 12.8 Å². The van der Waals surface area contributed by atoms with Gasteiger partial charge in [-0.15, -0.1) is 0 Å². The van der Waals surface area contributed by atoms with E-state index in [0.29, 0.717) is 0 Å². The van der Waals surface area contributed by atoms with Gasteiger partial charge in [0.25, 0.3) is 0 Å². The molecule has 0 aromatic heterocycles. The van der Waals surface area contributed by atoms with E-state index in [1.807, 2.05) is 91.9 Å². The predicted octanol–water partition coefficient (Wildman–Crippen LogP) is 4.27. The maximum absolute atomic E-state index is 12.8. The molecule has 3 rings (SSSR count). The number of hydrazine groups is 1. The molecule has 0 aliphatic rings. The predicted molar refractivity (Wildman–Crippen MR) is 97.7 cm³/mol. The van der Waals surface area contributed by atoms with Crippen LogP contribution in [0.3, 0.4) is 0 Å². The standard InChI is InChI=1S/C21H20N2O/c1-16-12-14-19(15-13-16)22-23-21(24)20(17-8-4-2-5-9-17)18-10-6-3-7-11-18/h2-15,20,22H,1H3,(H,23,24). The lowest BCUT2D eigenvalue weighted by Gasteiger charge is -2.18. The van der Waals surface area contributed by atoms with Crippen molar-refractivity contribution >= 4 is 11.6 Å². The Morgan fingerprint density at radius 1 is 0.750 bits per heavy atom. The first-order valence-electron chi connectivity index (χ1n) is 7.96. The van der Waals surface area contributed by atoms with Crippen LogP contribution in [0.25, 0.3) is 0 Å². The SMILES string of the molecule is Cc1ccc(NNC(=O)C(c2ccccc2)c2ccccc2)cc1. The molecule has 0 radical (unpaired) electrons. The van der Waals surface area contributed by atoms with Gasteiger partial charge in [0, 0.05) is 0 Å². The van der Waals surface area contributed by atoms with Gasteiger partial charge in [-0.05, 0) is 30.2 Å². The summed E-state index contributed by atoms with van der Waals surface area (Å²) < 4.78 is 0. The summed E-state index contributed by atoms with van der Waals surface area (Å²) in [6.45, 7) is 2.03. The molecule has 0 bridgehead atoms. The van der Waals surface area contributed by atoms with Crippen LogP contribution in [-0.4, -0.2) is 5.91 Å². The first-order chi connectivity index (χ1) is 11.7. The van der Waals surface area contributed by atoms with Crippen molar-refractivity contribution in [3.63, 3.8) is 0 Å². The number of hydrogen-bond acceptors (Lipinski definition) is 2. The molecular formula is C21H20N2O. The van der Waals surface area contributed by atoms with Crippen LogP contribution in [0.2, 0.25) is 0 Å². The molecule has 0 spiro atoms. The fourth-order valence-electron chi connectivity index (χ4n) is 2.63. The van der Waals surface area contributed by atoms with Crippen LogP contribution in [0.4, 0.5) is 5.69 Å². The molecule has 3 aromatic carbocycles. The van der Waals surface area contributed by atoms with Crippen LogP contribution in [0.1, 0.15) is 22.6 Å². The van der Waals surface area contributed by atoms with Crippen molar-refractivity contribution in [1.82, 2.24) is 5.43 Å². The van der Waals surface area contributed by atoms with Gasteiger partial charge in [0.05, 0.1) is 11.6 Å². The third kappa shape index (κ3) is 3.82. The zero-order valence-corrected chi connectivity index (χ0v) is 13.6. The topological polar surface area (TPSA) is 41.1 Å². The van der Waals surface area contributed by atoms with E-state index in [4.69, 9.17) is 0 Å². The number of nitrogens with one attached hydrogen (secondary N) is 2. The number of anilines is 1. The first kappa shape index (κ1) is 15.8. The Morgan fingerprint density at radius 2 is 1.25 bits per heavy atom. The van der Waals surface area contributed by atoms with Gasteiger partial charge in [0.15, 0.2) is 0 Å². The minimum Gasteiger partial charge on any atom is -0.299 e. The second-order valence-corrected chi connectivity index (χ2v) is 5.73. The van der Waals surface area contributed by atoms with Gasteiger partial charge >= 0.3 is 0 Å². The molecule has 0 saturated carbocycles. The molecule has 1 amide bonds. The van der Waals surface area contributed by atoms with Crippen LogP contribution in [-0.2, 0) is 4.79 Å². The van der Waals surface area contributed by atoms with Crippen LogP contribution < -0.4 is 10.9 Å². The van der Waals surface area contributed by atoms with Crippen LogP contribution in [0.15, 0.2) is 84.9 Å². The molecular weight excluding hydrogens is 296 g/mol. The molecule has 0 heterocycles. The Balaban J connectivity index is 1.80. The molecule has 0 saturated heterocycles. The van der Waals surface area contributed by atoms with E-state index in [1.54, 1.807) is 0 Å². The van der Waals surface area contributed by atoms with E-state index in [0.717, 1.165) is 16.8 Å². The molecule has 3 heteroatoms. The molecule has 0 fully saturated rings. The van der Waals surface area contributed by atoms with Gasteiger partial charge < -0.3 is 0 Å². The lowest BCUT2D eigenvalue weighted by Crippen LogP contribution is -2.34. The Morgan fingerprint density at radius 3 is 1.75 bits per heavy atom. The maximum Gasteiger partial charge on any atom is 0.250 e.